The van der Waals surface area contributed by atoms with E-state index in [9.17, 15) is 4.79 Å². The van der Waals surface area contributed by atoms with Gasteiger partial charge in [-0.15, -0.1) is 0 Å². The van der Waals surface area contributed by atoms with Crippen LogP contribution in [0.1, 0.15) is 21.5 Å². The van der Waals surface area contributed by atoms with Crippen LogP contribution in [0.5, 0.6) is 5.88 Å². The maximum atomic E-state index is 12.4. The first-order valence-corrected chi connectivity index (χ1v) is 7.43. The summed E-state index contributed by atoms with van der Waals surface area (Å²) in [6, 6.07) is 17.6. The van der Waals surface area contributed by atoms with Gasteiger partial charge in [0.25, 0.3) is 0 Å². The molecule has 2 heterocycles. The largest absolute Gasteiger partial charge is 0.477 e. The molecule has 0 radical (unpaired) electrons. The van der Waals surface area contributed by atoms with E-state index in [4.69, 9.17) is 4.74 Å². The first kappa shape index (κ1) is 13.0. The number of ether oxygens (including phenoxy) is 1. The molecule has 4 rings (SSSR count). The first-order chi connectivity index (χ1) is 10.8. The SMILES string of the molecule is O=C(Cc1ccccc1)c1ccc2nc3c(cc2c1)CCO3. The minimum Gasteiger partial charge on any atom is -0.477 e. The summed E-state index contributed by atoms with van der Waals surface area (Å²) in [5.74, 6) is 0.862. The van der Waals surface area contributed by atoms with E-state index in [-0.39, 0.29) is 5.78 Å². The summed E-state index contributed by atoms with van der Waals surface area (Å²) in [7, 11) is 0. The number of aromatic nitrogens is 1. The Labute approximate surface area is 128 Å². The first-order valence-electron chi connectivity index (χ1n) is 7.43. The Kier molecular flexibility index (Phi) is 3.11. The molecule has 0 aliphatic carbocycles. The van der Waals surface area contributed by atoms with Gasteiger partial charge >= 0.3 is 0 Å². The molecule has 0 N–H and O–H groups in total. The molecule has 0 spiro atoms. The Morgan fingerprint density at radius 3 is 2.82 bits per heavy atom. The van der Waals surface area contributed by atoms with Gasteiger partial charge in [0, 0.05) is 29.4 Å². The van der Waals surface area contributed by atoms with E-state index in [1.165, 1.54) is 0 Å². The predicted octanol–water partition coefficient (Wildman–Crippen LogP) is 3.60. The Morgan fingerprint density at radius 2 is 1.95 bits per heavy atom. The van der Waals surface area contributed by atoms with E-state index in [0.29, 0.717) is 13.0 Å². The van der Waals surface area contributed by atoms with Gasteiger partial charge in [0.05, 0.1) is 12.1 Å². The second-order valence-corrected chi connectivity index (χ2v) is 5.54. The van der Waals surface area contributed by atoms with Crippen molar-refractivity contribution in [2.24, 2.45) is 0 Å². The second-order valence-electron chi connectivity index (χ2n) is 5.54. The number of fused-ring (bicyclic) bond motifs is 2. The molecule has 3 heteroatoms. The van der Waals surface area contributed by atoms with Crippen LogP contribution in [0, 0.1) is 0 Å². The normalized spacial score (nSPS) is 12.9. The standard InChI is InChI=1S/C19H15NO2/c21-18(10-13-4-2-1-3-5-13)14-6-7-17-16(11-14)12-15-8-9-22-19(15)20-17/h1-7,11-12H,8-10H2. The Morgan fingerprint density at radius 1 is 1.09 bits per heavy atom. The van der Waals surface area contributed by atoms with Crippen molar-refractivity contribution < 1.29 is 9.53 Å². The zero-order valence-corrected chi connectivity index (χ0v) is 12.1. The molecule has 1 aromatic heterocycles. The maximum Gasteiger partial charge on any atom is 0.217 e. The molecule has 22 heavy (non-hydrogen) atoms. The van der Waals surface area contributed by atoms with Gasteiger partial charge in [0.15, 0.2) is 5.78 Å². The van der Waals surface area contributed by atoms with Gasteiger partial charge < -0.3 is 4.74 Å². The van der Waals surface area contributed by atoms with Crippen LogP contribution in [0.15, 0.2) is 54.6 Å². The fourth-order valence-electron chi connectivity index (χ4n) is 2.82. The zero-order chi connectivity index (χ0) is 14.9. The van der Waals surface area contributed by atoms with E-state index in [1.54, 1.807) is 0 Å². The summed E-state index contributed by atoms with van der Waals surface area (Å²) in [5.41, 5.74) is 3.77. The highest BCUT2D eigenvalue weighted by Crippen LogP contribution is 2.27. The fourth-order valence-corrected chi connectivity index (χ4v) is 2.82. The number of ketones is 1. The van der Waals surface area contributed by atoms with Crippen molar-refractivity contribution in [1.29, 1.82) is 0 Å². The van der Waals surface area contributed by atoms with Crippen molar-refractivity contribution in [2.45, 2.75) is 12.8 Å². The number of carbonyl (C=O) groups is 1. The number of hydrogen-bond acceptors (Lipinski definition) is 3. The van der Waals surface area contributed by atoms with Crippen molar-refractivity contribution >= 4 is 16.7 Å². The van der Waals surface area contributed by atoms with Crippen LogP contribution in [-0.4, -0.2) is 17.4 Å². The number of pyridine rings is 1. The summed E-state index contributed by atoms with van der Waals surface area (Å²) >= 11 is 0. The van der Waals surface area contributed by atoms with E-state index in [0.717, 1.165) is 39.9 Å². The van der Waals surface area contributed by atoms with Crippen molar-refractivity contribution in [3.8, 4) is 5.88 Å². The molecule has 0 atom stereocenters. The van der Waals surface area contributed by atoms with Crippen molar-refractivity contribution in [3.05, 3.63) is 71.3 Å². The molecule has 108 valence electrons. The van der Waals surface area contributed by atoms with Gasteiger partial charge in [-0.25, -0.2) is 4.98 Å². The van der Waals surface area contributed by atoms with E-state index < -0.39 is 0 Å². The highest BCUT2D eigenvalue weighted by Gasteiger charge is 2.15. The number of nitrogens with zero attached hydrogens (tertiary/aromatic N) is 1. The summed E-state index contributed by atoms with van der Waals surface area (Å²) in [5, 5.41) is 1.00. The third kappa shape index (κ3) is 2.35. The lowest BCUT2D eigenvalue weighted by atomic mass is 10.0. The number of rotatable bonds is 3. The molecular formula is C19H15NO2. The van der Waals surface area contributed by atoms with Gasteiger partial charge in [-0.2, -0.15) is 0 Å². The zero-order valence-electron chi connectivity index (χ0n) is 12.1. The van der Waals surface area contributed by atoms with Gasteiger partial charge in [0.2, 0.25) is 5.88 Å². The van der Waals surface area contributed by atoms with Gasteiger partial charge in [-0.1, -0.05) is 30.3 Å². The lowest BCUT2D eigenvalue weighted by Crippen LogP contribution is -2.03. The highest BCUT2D eigenvalue weighted by molar-refractivity contribution is 6.00. The number of carbonyl (C=O) groups excluding carboxylic acids is 1. The van der Waals surface area contributed by atoms with Crippen molar-refractivity contribution in [2.75, 3.05) is 6.61 Å². The minimum absolute atomic E-state index is 0.129. The smallest absolute Gasteiger partial charge is 0.217 e. The van der Waals surface area contributed by atoms with Gasteiger partial charge in [0.1, 0.15) is 0 Å². The average Bonchev–Trinajstić information content (AvgIpc) is 3.00. The topological polar surface area (TPSA) is 39.2 Å². The number of benzene rings is 2. The lowest BCUT2D eigenvalue weighted by molar-refractivity contribution is 0.0993. The molecule has 1 aliphatic heterocycles. The van der Waals surface area contributed by atoms with Crippen molar-refractivity contribution in [3.63, 3.8) is 0 Å². The van der Waals surface area contributed by atoms with Crippen LogP contribution in [0.2, 0.25) is 0 Å². The summed E-state index contributed by atoms with van der Waals surface area (Å²) in [6.07, 6.45) is 1.31. The molecule has 1 aliphatic rings. The van der Waals surface area contributed by atoms with E-state index in [2.05, 4.69) is 11.1 Å². The van der Waals surface area contributed by atoms with Gasteiger partial charge in [-0.3, -0.25) is 4.79 Å². The predicted molar refractivity (Wildman–Crippen MR) is 85.4 cm³/mol. The number of hydrogen-bond donors (Lipinski definition) is 0. The molecule has 0 amide bonds. The van der Waals surface area contributed by atoms with Crippen LogP contribution in [0.25, 0.3) is 10.9 Å². The molecule has 0 saturated heterocycles. The molecule has 0 fully saturated rings. The Hall–Kier alpha value is -2.68. The molecule has 0 bridgehead atoms. The van der Waals surface area contributed by atoms with Crippen LogP contribution < -0.4 is 4.74 Å². The lowest BCUT2D eigenvalue weighted by Gasteiger charge is -2.05. The van der Waals surface area contributed by atoms with Crippen molar-refractivity contribution in [1.82, 2.24) is 4.98 Å². The van der Waals surface area contributed by atoms with E-state index in [1.807, 2.05) is 48.5 Å². The number of Topliss-reactive ketones (excluding diaryl/α,β-unsaturated/α-hetero) is 1. The third-order valence-electron chi connectivity index (χ3n) is 3.99. The maximum absolute atomic E-state index is 12.4. The highest BCUT2D eigenvalue weighted by atomic mass is 16.5. The second kappa shape index (κ2) is 5.26. The summed E-state index contributed by atoms with van der Waals surface area (Å²) < 4.78 is 5.49. The Balaban J connectivity index is 1.67. The molecule has 3 nitrogen and oxygen atoms in total. The summed E-state index contributed by atoms with van der Waals surface area (Å²) in [6.45, 7) is 0.693. The molecule has 0 saturated carbocycles. The summed E-state index contributed by atoms with van der Waals surface area (Å²) in [4.78, 5) is 17.0. The molecular weight excluding hydrogens is 274 g/mol. The molecule has 3 aromatic rings. The molecule has 0 unspecified atom stereocenters. The van der Waals surface area contributed by atoms with Crippen LogP contribution >= 0.6 is 0 Å². The molecule has 2 aromatic carbocycles. The van der Waals surface area contributed by atoms with Crippen LogP contribution in [-0.2, 0) is 12.8 Å². The minimum atomic E-state index is 0.129. The fraction of sp³-hybridized carbons (Fsp3) is 0.158. The third-order valence-corrected chi connectivity index (χ3v) is 3.99. The van der Waals surface area contributed by atoms with Crippen LogP contribution in [0.3, 0.4) is 0 Å². The Bertz CT molecular complexity index is 856. The average molecular weight is 289 g/mol. The van der Waals surface area contributed by atoms with Gasteiger partial charge in [-0.05, 0) is 29.8 Å². The van der Waals surface area contributed by atoms with Crippen LogP contribution in [0.4, 0.5) is 0 Å². The quantitative estimate of drug-likeness (QED) is 0.692. The van der Waals surface area contributed by atoms with E-state index >= 15 is 0 Å². The monoisotopic (exact) mass is 289 g/mol.